The number of hydrogen-bond acceptors (Lipinski definition) is 2. The summed E-state index contributed by atoms with van der Waals surface area (Å²) in [6, 6.07) is 10.3. The highest BCUT2D eigenvalue weighted by Gasteiger charge is 2.02. The fourth-order valence-corrected chi connectivity index (χ4v) is 1.78. The second-order valence-corrected chi connectivity index (χ2v) is 4.01. The molecule has 2 aromatic rings. The molecule has 1 aromatic carbocycles. The maximum Gasteiger partial charge on any atom is 0.185 e. The minimum atomic E-state index is 0.121. The molecule has 5 heteroatoms. The average molecular weight is 243 g/mol. The molecule has 0 aliphatic carbocycles. The molecular weight excluding hydrogens is 226 g/mol. The molecule has 18 heavy (non-hydrogen) atoms. The number of aliphatic imine (C=N–C) groups is 1. The Hall–Kier alpha value is -2.30. The van der Waals surface area contributed by atoms with Gasteiger partial charge in [0.2, 0.25) is 0 Å². The number of guanidine groups is 1. The Balaban J connectivity index is 2.02. The van der Waals surface area contributed by atoms with Crippen LogP contribution in [-0.2, 0) is 13.0 Å². The van der Waals surface area contributed by atoms with Crippen LogP contribution in [0.5, 0.6) is 0 Å². The maximum absolute atomic E-state index is 5.29. The molecule has 4 N–H and O–H groups in total. The lowest BCUT2D eigenvalue weighted by Gasteiger charge is -2.07. The first kappa shape index (κ1) is 12.2. The fourth-order valence-electron chi connectivity index (χ4n) is 1.78. The monoisotopic (exact) mass is 243 g/mol. The van der Waals surface area contributed by atoms with E-state index in [1.807, 2.05) is 24.4 Å². The van der Waals surface area contributed by atoms with E-state index >= 15 is 0 Å². The Morgan fingerprint density at radius 2 is 2.00 bits per heavy atom. The Morgan fingerprint density at radius 1 is 1.22 bits per heavy atom. The van der Waals surface area contributed by atoms with Crippen molar-refractivity contribution < 1.29 is 0 Å². The summed E-state index contributed by atoms with van der Waals surface area (Å²) in [4.78, 5) is 8.29. The number of hydrogen-bond donors (Lipinski definition) is 2. The third-order valence-corrected chi connectivity index (χ3v) is 2.63. The topological polar surface area (TPSA) is 82.2 Å². The first-order chi connectivity index (χ1) is 8.75. The Kier molecular flexibility index (Phi) is 3.96. The van der Waals surface area contributed by atoms with E-state index in [4.69, 9.17) is 11.5 Å². The van der Waals surface area contributed by atoms with Gasteiger partial charge in [-0.15, -0.1) is 0 Å². The van der Waals surface area contributed by atoms with Crippen molar-refractivity contribution in [3.8, 4) is 0 Å². The summed E-state index contributed by atoms with van der Waals surface area (Å²) in [5.74, 6) is 1.11. The molecule has 0 radical (unpaired) electrons. The van der Waals surface area contributed by atoms with E-state index in [0.717, 1.165) is 18.8 Å². The van der Waals surface area contributed by atoms with Gasteiger partial charge in [0.1, 0.15) is 5.82 Å². The molecule has 0 fully saturated rings. The van der Waals surface area contributed by atoms with Crippen molar-refractivity contribution >= 4 is 5.96 Å². The van der Waals surface area contributed by atoms with Crippen molar-refractivity contribution in [2.75, 3.05) is 6.54 Å². The number of benzene rings is 1. The highest BCUT2D eigenvalue weighted by Crippen LogP contribution is 2.06. The molecule has 0 saturated carbocycles. The predicted octanol–water partition coefficient (Wildman–Crippen LogP) is 0.747. The molecule has 1 aromatic heterocycles. The van der Waals surface area contributed by atoms with E-state index in [1.54, 1.807) is 6.20 Å². The van der Waals surface area contributed by atoms with E-state index in [9.17, 15) is 0 Å². The van der Waals surface area contributed by atoms with Gasteiger partial charge < -0.3 is 16.0 Å². The standard InChI is InChI=1S/C13H17N5/c14-13(15)17-7-6-12-16-8-9-18(12)10-11-4-2-1-3-5-11/h1-5,8-9H,6-7,10H2,(H4,14,15,17). The van der Waals surface area contributed by atoms with Crippen LogP contribution in [0.2, 0.25) is 0 Å². The largest absolute Gasteiger partial charge is 0.370 e. The highest BCUT2D eigenvalue weighted by atomic mass is 15.1. The van der Waals surface area contributed by atoms with Gasteiger partial charge in [0, 0.05) is 31.9 Å². The molecule has 0 aliphatic rings. The van der Waals surface area contributed by atoms with Crippen LogP contribution in [0, 0.1) is 0 Å². The van der Waals surface area contributed by atoms with E-state index in [2.05, 4.69) is 26.7 Å². The van der Waals surface area contributed by atoms with Gasteiger partial charge in [-0.05, 0) is 5.56 Å². The second kappa shape index (κ2) is 5.86. The van der Waals surface area contributed by atoms with Gasteiger partial charge in [-0.25, -0.2) is 4.98 Å². The van der Waals surface area contributed by atoms with Gasteiger partial charge in [-0.3, -0.25) is 4.99 Å². The van der Waals surface area contributed by atoms with Crippen molar-refractivity contribution in [2.45, 2.75) is 13.0 Å². The normalized spacial score (nSPS) is 10.2. The van der Waals surface area contributed by atoms with Gasteiger partial charge in [0.05, 0.1) is 0 Å². The third kappa shape index (κ3) is 3.35. The van der Waals surface area contributed by atoms with Crippen LogP contribution in [0.25, 0.3) is 0 Å². The molecule has 2 rings (SSSR count). The van der Waals surface area contributed by atoms with Crippen LogP contribution in [0.1, 0.15) is 11.4 Å². The number of imidazole rings is 1. The van der Waals surface area contributed by atoms with Crippen molar-refractivity contribution in [3.63, 3.8) is 0 Å². The lowest BCUT2D eigenvalue weighted by molar-refractivity contribution is 0.716. The molecule has 0 bridgehead atoms. The summed E-state index contributed by atoms with van der Waals surface area (Å²) in [6.07, 6.45) is 4.50. The Labute approximate surface area is 106 Å². The summed E-state index contributed by atoms with van der Waals surface area (Å²) in [5.41, 5.74) is 11.8. The zero-order valence-corrected chi connectivity index (χ0v) is 10.2. The van der Waals surface area contributed by atoms with Crippen LogP contribution in [0.4, 0.5) is 0 Å². The minimum Gasteiger partial charge on any atom is -0.370 e. The van der Waals surface area contributed by atoms with Crippen LogP contribution >= 0.6 is 0 Å². The number of rotatable bonds is 5. The molecule has 0 spiro atoms. The SMILES string of the molecule is NC(N)=NCCc1nccn1Cc1ccccc1. The molecule has 94 valence electrons. The molecule has 1 heterocycles. The molecule has 0 atom stereocenters. The smallest absolute Gasteiger partial charge is 0.185 e. The predicted molar refractivity (Wildman–Crippen MR) is 72.2 cm³/mol. The fraction of sp³-hybridized carbons (Fsp3) is 0.231. The first-order valence-electron chi connectivity index (χ1n) is 5.85. The van der Waals surface area contributed by atoms with Gasteiger partial charge in [-0.1, -0.05) is 30.3 Å². The second-order valence-electron chi connectivity index (χ2n) is 4.01. The summed E-state index contributed by atoms with van der Waals surface area (Å²) in [7, 11) is 0. The van der Waals surface area contributed by atoms with Gasteiger partial charge in [0.15, 0.2) is 5.96 Å². The highest BCUT2D eigenvalue weighted by molar-refractivity contribution is 5.75. The summed E-state index contributed by atoms with van der Waals surface area (Å²) >= 11 is 0. The maximum atomic E-state index is 5.29. The van der Waals surface area contributed by atoms with Crippen LogP contribution in [-0.4, -0.2) is 22.1 Å². The molecule has 5 nitrogen and oxygen atoms in total. The number of nitrogens with two attached hydrogens (primary N) is 2. The van der Waals surface area contributed by atoms with Crippen molar-refractivity contribution in [3.05, 3.63) is 54.1 Å². The zero-order chi connectivity index (χ0) is 12.8. The van der Waals surface area contributed by atoms with Crippen molar-refractivity contribution in [2.24, 2.45) is 16.5 Å². The molecular formula is C13H17N5. The van der Waals surface area contributed by atoms with Crippen molar-refractivity contribution in [1.29, 1.82) is 0 Å². The van der Waals surface area contributed by atoms with E-state index in [1.165, 1.54) is 5.56 Å². The lowest BCUT2D eigenvalue weighted by atomic mass is 10.2. The van der Waals surface area contributed by atoms with E-state index < -0.39 is 0 Å². The summed E-state index contributed by atoms with van der Waals surface area (Å²) < 4.78 is 2.11. The molecule has 0 unspecified atom stereocenters. The summed E-state index contributed by atoms with van der Waals surface area (Å²) in [5, 5.41) is 0. The van der Waals surface area contributed by atoms with E-state index in [-0.39, 0.29) is 5.96 Å². The lowest BCUT2D eigenvalue weighted by Crippen LogP contribution is -2.23. The first-order valence-corrected chi connectivity index (χ1v) is 5.85. The van der Waals surface area contributed by atoms with Crippen LogP contribution in [0.15, 0.2) is 47.7 Å². The Bertz CT molecular complexity index is 511. The van der Waals surface area contributed by atoms with E-state index in [0.29, 0.717) is 6.54 Å². The zero-order valence-electron chi connectivity index (χ0n) is 10.2. The molecule has 0 aliphatic heterocycles. The third-order valence-electron chi connectivity index (χ3n) is 2.63. The van der Waals surface area contributed by atoms with Gasteiger partial charge in [-0.2, -0.15) is 0 Å². The van der Waals surface area contributed by atoms with Gasteiger partial charge in [0.25, 0.3) is 0 Å². The average Bonchev–Trinajstić information content (AvgIpc) is 2.78. The molecule has 0 saturated heterocycles. The molecule has 0 amide bonds. The van der Waals surface area contributed by atoms with Crippen molar-refractivity contribution in [1.82, 2.24) is 9.55 Å². The van der Waals surface area contributed by atoms with Gasteiger partial charge >= 0.3 is 0 Å². The summed E-state index contributed by atoms with van der Waals surface area (Å²) in [6.45, 7) is 1.38. The number of aromatic nitrogens is 2. The number of nitrogens with zero attached hydrogens (tertiary/aromatic N) is 3. The van der Waals surface area contributed by atoms with Crippen LogP contribution in [0.3, 0.4) is 0 Å². The minimum absolute atomic E-state index is 0.121. The van der Waals surface area contributed by atoms with Crippen LogP contribution < -0.4 is 11.5 Å². The quantitative estimate of drug-likeness (QED) is 0.600. The Morgan fingerprint density at radius 3 is 2.72 bits per heavy atom.